The molecule has 1 aromatic heterocycles. The molecule has 0 unspecified atom stereocenters. The van der Waals surface area contributed by atoms with Gasteiger partial charge < -0.3 is 14.4 Å². The third-order valence-corrected chi connectivity index (χ3v) is 3.87. The first-order valence-electron chi connectivity index (χ1n) is 6.55. The van der Waals surface area contributed by atoms with Crippen molar-refractivity contribution >= 4 is 5.97 Å². The van der Waals surface area contributed by atoms with Gasteiger partial charge >= 0.3 is 5.97 Å². The van der Waals surface area contributed by atoms with Crippen molar-refractivity contribution in [2.24, 2.45) is 5.41 Å². The van der Waals surface area contributed by atoms with E-state index < -0.39 is 11.4 Å². The highest BCUT2D eigenvalue weighted by Crippen LogP contribution is 2.37. The first-order chi connectivity index (χ1) is 8.62. The molecule has 0 saturated heterocycles. The summed E-state index contributed by atoms with van der Waals surface area (Å²) in [6, 6.07) is 1.92. The zero-order valence-electron chi connectivity index (χ0n) is 10.9. The zero-order valence-corrected chi connectivity index (χ0v) is 10.9. The van der Waals surface area contributed by atoms with Gasteiger partial charge in [0.25, 0.3) is 0 Å². The van der Waals surface area contributed by atoms with Gasteiger partial charge in [0, 0.05) is 18.7 Å². The molecule has 1 aliphatic rings. The summed E-state index contributed by atoms with van der Waals surface area (Å²) in [5.74, 6) is -0.638. The van der Waals surface area contributed by atoms with Crippen LogP contribution in [0.25, 0.3) is 0 Å². The molecule has 0 radical (unpaired) electrons. The molecule has 100 valence electrons. The van der Waals surface area contributed by atoms with Gasteiger partial charge in [-0.15, -0.1) is 0 Å². The largest absolute Gasteiger partial charge is 0.481 e. The quantitative estimate of drug-likeness (QED) is 0.874. The molecular formula is C14H21NO3. The standard InChI is InChI=1S/C14H21NO3/c1-15(9-12-5-8-18-10-12)11-14(13(16)17)6-3-2-4-7-14/h5,8,10H,2-4,6-7,9,11H2,1H3,(H,16,17). The lowest BCUT2D eigenvalue weighted by Gasteiger charge is -2.36. The Morgan fingerprint density at radius 2 is 2.17 bits per heavy atom. The number of carbonyl (C=O) groups is 1. The van der Waals surface area contributed by atoms with E-state index in [1.807, 2.05) is 13.1 Å². The van der Waals surface area contributed by atoms with Crippen molar-refractivity contribution in [1.82, 2.24) is 4.90 Å². The minimum Gasteiger partial charge on any atom is -0.481 e. The van der Waals surface area contributed by atoms with E-state index in [2.05, 4.69) is 4.90 Å². The lowest BCUT2D eigenvalue weighted by Crippen LogP contribution is -2.43. The molecule has 0 bridgehead atoms. The van der Waals surface area contributed by atoms with Gasteiger partial charge in [-0.25, -0.2) is 0 Å². The van der Waals surface area contributed by atoms with Crippen LogP contribution in [0, 0.1) is 5.41 Å². The van der Waals surface area contributed by atoms with Crippen LogP contribution in [-0.2, 0) is 11.3 Å². The maximum absolute atomic E-state index is 11.6. The van der Waals surface area contributed by atoms with Crippen LogP contribution in [0.2, 0.25) is 0 Å². The number of furan rings is 1. The van der Waals surface area contributed by atoms with Gasteiger partial charge in [-0.3, -0.25) is 4.79 Å². The molecule has 0 atom stereocenters. The fourth-order valence-corrected chi connectivity index (χ4v) is 2.94. The Kier molecular flexibility index (Phi) is 4.07. The van der Waals surface area contributed by atoms with Gasteiger partial charge in [0.15, 0.2) is 0 Å². The highest BCUT2D eigenvalue weighted by atomic mass is 16.4. The summed E-state index contributed by atoms with van der Waals surface area (Å²) < 4.78 is 5.03. The zero-order chi connectivity index (χ0) is 13.0. The number of hydrogen-bond donors (Lipinski definition) is 1. The summed E-state index contributed by atoms with van der Waals surface area (Å²) in [7, 11) is 1.98. The normalized spacial score (nSPS) is 19.0. The molecule has 18 heavy (non-hydrogen) atoms. The topological polar surface area (TPSA) is 53.7 Å². The molecule has 1 aromatic rings. The van der Waals surface area contributed by atoms with E-state index in [1.165, 1.54) is 6.42 Å². The third-order valence-electron chi connectivity index (χ3n) is 3.87. The predicted octanol–water partition coefficient (Wildman–Crippen LogP) is 2.75. The van der Waals surface area contributed by atoms with Crippen LogP contribution in [0.4, 0.5) is 0 Å². The van der Waals surface area contributed by atoms with Gasteiger partial charge in [0.2, 0.25) is 0 Å². The molecule has 0 amide bonds. The van der Waals surface area contributed by atoms with E-state index in [-0.39, 0.29) is 0 Å². The summed E-state index contributed by atoms with van der Waals surface area (Å²) in [6.45, 7) is 1.36. The molecule has 0 aliphatic heterocycles. The van der Waals surface area contributed by atoms with Gasteiger partial charge in [0.05, 0.1) is 17.9 Å². The Morgan fingerprint density at radius 1 is 1.44 bits per heavy atom. The van der Waals surface area contributed by atoms with Gasteiger partial charge in [-0.1, -0.05) is 19.3 Å². The maximum Gasteiger partial charge on any atom is 0.310 e. The van der Waals surface area contributed by atoms with E-state index in [1.54, 1.807) is 12.5 Å². The number of hydrogen-bond acceptors (Lipinski definition) is 3. The van der Waals surface area contributed by atoms with Crippen molar-refractivity contribution in [3.05, 3.63) is 24.2 Å². The van der Waals surface area contributed by atoms with Crippen molar-refractivity contribution in [3.63, 3.8) is 0 Å². The Morgan fingerprint density at radius 3 is 2.72 bits per heavy atom. The maximum atomic E-state index is 11.6. The van der Waals surface area contributed by atoms with Crippen molar-refractivity contribution < 1.29 is 14.3 Å². The van der Waals surface area contributed by atoms with Crippen molar-refractivity contribution in [1.29, 1.82) is 0 Å². The van der Waals surface area contributed by atoms with Crippen LogP contribution in [0.1, 0.15) is 37.7 Å². The molecule has 1 saturated carbocycles. The number of aliphatic carboxylic acids is 1. The Hall–Kier alpha value is -1.29. The van der Waals surface area contributed by atoms with Crippen LogP contribution >= 0.6 is 0 Å². The summed E-state index contributed by atoms with van der Waals surface area (Å²) in [4.78, 5) is 13.7. The van der Waals surface area contributed by atoms with E-state index in [0.29, 0.717) is 6.54 Å². The summed E-state index contributed by atoms with van der Waals surface area (Å²) in [6.07, 6.45) is 8.20. The van der Waals surface area contributed by atoms with Crippen LogP contribution < -0.4 is 0 Å². The molecule has 1 aliphatic carbocycles. The van der Waals surface area contributed by atoms with E-state index in [4.69, 9.17) is 4.42 Å². The molecule has 0 spiro atoms. The first-order valence-corrected chi connectivity index (χ1v) is 6.55. The molecular weight excluding hydrogens is 230 g/mol. The SMILES string of the molecule is CN(Cc1ccoc1)CC1(C(=O)O)CCCCC1. The fraction of sp³-hybridized carbons (Fsp3) is 0.643. The average molecular weight is 251 g/mol. The van der Waals surface area contributed by atoms with Crippen LogP contribution in [-0.4, -0.2) is 29.6 Å². The van der Waals surface area contributed by atoms with Crippen molar-refractivity contribution in [2.75, 3.05) is 13.6 Å². The van der Waals surface area contributed by atoms with E-state index in [9.17, 15) is 9.90 Å². The van der Waals surface area contributed by atoms with Crippen LogP contribution in [0.5, 0.6) is 0 Å². The minimum absolute atomic E-state index is 0.545. The lowest BCUT2D eigenvalue weighted by atomic mass is 9.73. The second kappa shape index (κ2) is 5.57. The summed E-state index contributed by atoms with van der Waals surface area (Å²) in [5, 5.41) is 9.52. The second-order valence-electron chi connectivity index (χ2n) is 5.45. The molecule has 1 N–H and O–H groups in total. The highest BCUT2D eigenvalue weighted by Gasteiger charge is 2.40. The van der Waals surface area contributed by atoms with Crippen molar-refractivity contribution in [3.8, 4) is 0 Å². The molecule has 4 heteroatoms. The van der Waals surface area contributed by atoms with E-state index >= 15 is 0 Å². The highest BCUT2D eigenvalue weighted by molar-refractivity contribution is 5.75. The Labute approximate surface area is 108 Å². The second-order valence-corrected chi connectivity index (χ2v) is 5.45. The molecule has 1 fully saturated rings. The first kappa shape index (κ1) is 13.1. The number of carboxylic acid groups (broad SMARTS) is 1. The van der Waals surface area contributed by atoms with Gasteiger partial charge in [-0.05, 0) is 26.0 Å². The average Bonchev–Trinajstić information content (AvgIpc) is 2.82. The predicted molar refractivity (Wildman–Crippen MR) is 68.2 cm³/mol. The summed E-state index contributed by atoms with van der Waals surface area (Å²) in [5.41, 5.74) is 0.547. The molecule has 0 aromatic carbocycles. The third kappa shape index (κ3) is 2.93. The van der Waals surface area contributed by atoms with Crippen LogP contribution in [0.3, 0.4) is 0 Å². The van der Waals surface area contributed by atoms with Crippen LogP contribution in [0.15, 0.2) is 23.0 Å². The van der Waals surface area contributed by atoms with Crippen molar-refractivity contribution in [2.45, 2.75) is 38.6 Å². The number of rotatable bonds is 5. The fourth-order valence-electron chi connectivity index (χ4n) is 2.94. The lowest BCUT2D eigenvalue weighted by molar-refractivity contribution is -0.152. The number of nitrogens with zero attached hydrogens (tertiary/aromatic N) is 1. The van der Waals surface area contributed by atoms with Gasteiger partial charge in [0.1, 0.15) is 0 Å². The minimum atomic E-state index is -0.638. The van der Waals surface area contributed by atoms with E-state index in [0.717, 1.165) is 37.8 Å². The monoisotopic (exact) mass is 251 g/mol. The Bertz CT molecular complexity index is 380. The summed E-state index contributed by atoms with van der Waals surface area (Å²) >= 11 is 0. The molecule has 4 nitrogen and oxygen atoms in total. The van der Waals surface area contributed by atoms with Gasteiger partial charge in [-0.2, -0.15) is 0 Å². The number of carboxylic acids is 1. The molecule has 2 rings (SSSR count). The molecule has 1 heterocycles. The smallest absolute Gasteiger partial charge is 0.310 e. The Balaban J connectivity index is 1.98.